The zero-order valence-electron chi connectivity index (χ0n) is 15.8. The number of hydrogen-bond acceptors (Lipinski definition) is 3. The lowest BCUT2D eigenvalue weighted by Crippen LogP contribution is -2.07. The molecule has 0 amide bonds. The van der Waals surface area contributed by atoms with Crippen molar-refractivity contribution in [3.05, 3.63) is 101 Å². The first-order valence-corrected chi connectivity index (χ1v) is 9.15. The van der Waals surface area contributed by atoms with Crippen molar-refractivity contribution in [3.8, 4) is 0 Å². The molecule has 0 unspecified atom stereocenters. The van der Waals surface area contributed by atoms with Gasteiger partial charge in [-0.2, -0.15) is 0 Å². The number of anilines is 1. The topological polar surface area (TPSA) is 42.2 Å². The van der Waals surface area contributed by atoms with E-state index in [4.69, 9.17) is 4.42 Å². The molecule has 0 atom stereocenters. The zero-order valence-corrected chi connectivity index (χ0v) is 15.8. The van der Waals surface area contributed by atoms with Gasteiger partial charge in [0.15, 0.2) is 5.76 Å². The fourth-order valence-corrected chi connectivity index (χ4v) is 3.24. The number of aryl methyl sites for hydroxylation is 2. The highest BCUT2D eigenvalue weighted by atomic mass is 19.1. The van der Waals surface area contributed by atoms with Crippen LogP contribution < -0.4 is 5.32 Å². The molecule has 4 rings (SSSR count). The maximum atomic E-state index is 14.0. The molecule has 3 aromatic carbocycles. The van der Waals surface area contributed by atoms with Crippen molar-refractivity contribution in [1.82, 2.24) is 0 Å². The molecule has 0 aliphatic heterocycles. The summed E-state index contributed by atoms with van der Waals surface area (Å²) in [6, 6.07) is 20.0. The Morgan fingerprint density at radius 2 is 1.71 bits per heavy atom. The molecule has 3 nitrogen and oxygen atoms in total. The fourth-order valence-electron chi connectivity index (χ4n) is 3.24. The standard InChI is InChI=1S/C24H20FNO2/c1-15-7-3-4-8-18(15)14-26-22-19-9-5-6-10-21(19)28-24(22)23(27)17-12-11-16(2)20(25)13-17/h3-13,26H,14H2,1-2H3. The molecule has 1 heterocycles. The van der Waals surface area contributed by atoms with Crippen LogP contribution in [0.2, 0.25) is 0 Å². The van der Waals surface area contributed by atoms with E-state index in [1.54, 1.807) is 19.1 Å². The van der Waals surface area contributed by atoms with Gasteiger partial charge in [0.2, 0.25) is 5.78 Å². The second-order valence-corrected chi connectivity index (χ2v) is 6.88. The molecular formula is C24H20FNO2. The van der Waals surface area contributed by atoms with Crippen LogP contribution in [0.15, 0.2) is 71.1 Å². The fraction of sp³-hybridized carbons (Fsp3) is 0.125. The third kappa shape index (κ3) is 3.29. The van der Waals surface area contributed by atoms with Crippen LogP contribution in [-0.4, -0.2) is 5.78 Å². The van der Waals surface area contributed by atoms with Gasteiger partial charge in [-0.05, 0) is 48.7 Å². The number of carbonyl (C=O) groups excluding carboxylic acids is 1. The molecule has 28 heavy (non-hydrogen) atoms. The molecule has 1 aromatic heterocycles. The molecular weight excluding hydrogens is 353 g/mol. The monoisotopic (exact) mass is 373 g/mol. The first-order valence-electron chi connectivity index (χ1n) is 9.15. The summed E-state index contributed by atoms with van der Waals surface area (Å²) >= 11 is 0. The highest BCUT2D eigenvalue weighted by molar-refractivity contribution is 6.14. The molecule has 0 saturated heterocycles. The minimum atomic E-state index is -0.406. The summed E-state index contributed by atoms with van der Waals surface area (Å²) in [6.45, 7) is 4.27. The van der Waals surface area contributed by atoms with Crippen LogP contribution in [0.1, 0.15) is 32.8 Å². The van der Waals surface area contributed by atoms with Gasteiger partial charge in [-0.1, -0.05) is 48.5 Å². The number of rotatable bonds is 5. The Balaban J connectivity index is 1.75. The number of para-hydroxylation sites is 1. The van der Waals surface area contributed by atoms with Gasteiger partial charge in [0.05, 0.1) is 5.69 Å². The molecule has 0 aliphatic carbocycles. The molecule has 0 fully saturated rings. The predicted octanol–water partition coefficient (Wildman–Crippen LogP) is 6.03. The first-order chi connectivity index (χ1) is 13.5. The van der Waals surface area contributed by atoms with Crippen molar-refractivity contribution in [2.24, 2.45) is 0 Å². The van der Waals surface area contributed by atoms with E-state index < -0.39 is 5.82 Å². The Hall–Kier alpha value is -3.40. The number of nitrogens with one attached hydrogen (secondary N) is 1. The van der Waals surface area contributed by atoms with Crippen LogP contribution in [0.3, 0.4) is 0 Å². The predicted molar refractivity (Wildman–Crippen MR) is 109 cm³/mol. The van der Waals surface area contributed by atoms with E-state index in [0.717, 1.165) is 16.5 Å². The molecule has 140 valence electrons. The number of benzene rings is 3. The van der Waals surface area contributed by atoms with Crippen LogP contribution >= 0.6 is 0 Å². The average molecular weight is 373 g/mol. The van der Waals surface area contributed by atoms with Crippen molar-refractivity contribution in [3.63, 3.8) is 0 Å². The Kier molecular flexibility index (Phi) is 4.70. The lowest BCUT2D eigenvalue weighted by molar-refractivity contribution is 0.101. The number of fused-ring (bicyclic) bond motifs is 1. The summed E-state index contributed by atoms with van der Waals surface area (Å²) in [4.78, 5) is 13.1. The molecule has 4 heteroatoms. The van der Waals surface area contributed by atoms with Crippen molar-refractivity contribution in [1.29, 1.82) is 0 Å². The highest BCUT2D eigenvalue weighted by Gasteiger charge is 2.22. The average Bonchev–Trinajstić information content (AvgIpc) is 3.07. The minimum absolute atomic E-state index is 0.193. The van der Waals surface area contributed by atoms with Gasteiger partial charge in [0.1, 0.15) is 11.4 Å². The quantitative estimate of drug-likeness (QED) is 0.434. The van der Waals surface area contributed by atoms with Crippen LogP contribution in [0.4, 0.5) is 10.1 Å². The maximum Gasteiger partial charge on any atom is 0.230 e. The molecule has 1 N–H and O–H groups in total. The largest absolute Gasteiger partial charge is 0.450 e. The Morgan fingerprint density at radius 3 is 2.50 bits per heavy atom. The molecule has 0 spiro atoms. The normalized spacial score (nSPS) is 11.0. The van der Waals surface area contributed by atoms with E-state index in [1.165, 1.54) is 6.07 Å². The van der Waals surface area contributed by atoms with Crippen molar-refractivity contribution < 1.29 is 13.6 Å². The van der Waals surface area contributed by atoms with E-state index in [9.17, 15) is 9.18 Å². The molecule has 0 saturated carbocycles. The SMILES string of the molecule is Cc1ccc(C(=O)c2oc3ccccc3c2NCc2ccccc2C)cc1F. The van der Waals surface area contributed by atoms with Gasteiger partial charge < -0.3 is 9.73 Å². The summed E-state index contributed by atoms with van der Waals surface area (Å²) in [5.74, 6) is -0.559. The van der Waals surface area contributed by atoms with Crippen molar-refractivity contribution >= 4 is 22.4 Å². The van der Waals surface area contributed by atoms with E-state index >= 15 is 0 Å². The first kappa shape index (κ1) is 18.0. The maximum absolute atomic E-state index is 14.0. The molecule has 4 aromatic rings. The van der Waals surface area contributed by atoms with E-state index in [-0.39, 0.29) is 17.1 Å². The summed E-state index contributed by atoms with van der Waals surface area (Å²) in [6.07, 6.45) is 0. The third-order valence-corrected chi connectivity index (χ3v) is 4.95. The molecule has 0 radical (unpaired) electrons. The zero-order chi connectivity index (χ0) is 19.7. The second kappa shape index (κ2) is 7.31. The minimum Gasteiger partial charge on any atom is -0.450 e. The van der Waals surface area contributed by atoms with Crippen molar-refractivity contribution in [2.75, 3.05) is 5.32 Å². The van der Waals surface area contributed by atoms with Gasteiger partial charge in [0, 0.05) is 17.5 Å². The van der Waals surface area contributed by atoms with Gasteiger partial charge >= 0.3 is 0 Å². The van der Waals surface area contributed by atoms with Crippen LogP contribution in [-0.2, 0) is 6.54 Å². The van der Waals surface area contributed by atoms with Crippen LogP contribution in [0, 0.1) is 19.7 Å². The van der Waals surface area contributed by atoms with Crippen LogP contribution in [0.5, 0.6) is 0 Å². The lowest BCUT2D eigenvalue weighted by atomic mass is 10.0. The smallest absolute Gasteiger partial charge is 0.230 e. The second-order valence-electron chi connectivity index (χ2n) is 6.88. The van der Waals surface area contributed by atoms with Gasteiger partial charge in [-0.25, -0.2) is 4.39 Å². The third-order valence-electron chi connectivity index (χ3n) is 4.95. The molecule has 0 bridgehead atoms. The number of hydrogen-bond donors (Lipinski definition) is 1. The van der Waals surface area contributed by atoms with E-state index in [2.05, 4.69) is 5.32 Å². The number of ketones is 1. The summed E-state index contributed by atoms with van der Waals surface area (Å²) < 4.78 is 19.8. The number of halogens is 1. The summed E-state index contributed by atoms with van der Waals surface area (Å²) in [5, 5.41) is 4.19. The van der Waals surface area contributed by atoms with Gasteiger partial charge in [-0.15, -0.1) is 0 Å². The number of furan rings is 1. The van der Waals surface area contributed by atoms with Gasteiger partial charge in [0.25, 0.3) is 0 Å². The van der Waals surface area contributed by atoms with Gasteiger partial charge in [-0.3, -0.25) is 4.79 Å². The number of carbonyl (C=O) groups is 1. The summed E-state index contributed by atoms with van der Waals surface area (Å²) in [7, 11) is 0. The Labute approximate surface area is 162 Å². The highest BCUT2D eigenvalue weighted by Crippen LogP contribution is 2.33. The lowest BCUT2D eigenvalue weighted by Gasteiger charge is -2.09. The summed E-state index contributed by atoms with van der Waals surface area (Å²) in [5.41, 5.74) is 4.31. The molecule has 0 aliphatic rings. The van der Waals surface area contributed by atoms with Crippen LogP contribution in [0.25, 0.3) is 11.0 Å². The van der Waals surface area contributed by atoms with E-state index in [1.807, 2.05) is 55.5 Å². The Bertz CT molecular complexity index is 1180. The van der Waals surface area contributed by atoms with Crippen molar-refractivity contribution in [2.45, 2.75) is 20.4 Å². The van der Waals surface area contributed by atoms with E-state index in [0.29, 0.717) is 23.4 Å². The Morgan fingerprint density at radius 1 is 0.964 bits per heavy atom.